The van der Waals surface area contributed by atoms with E-state index >= 15 is 0 Å². The molecule has 0 saturated carbocycles. The molecule has 0 saturated heterocycles. The molecule has 1 heterocycles. The Kier molecular flexibility index (Phi) is 4.18. The van der Waals surface area contributed by atoms with Crippen LogP contribution >= 0.6 is 0 Å². The number of esters is 1. The van der Waals surface area contributed by atoms with E-state index in [0.717, 1.165) is 5.56 Å². The van der Waals surface area contributed by atoms with E-state index in [-0.39, 0.29) is 18.1 Å². The first-order chi connectivity index (χ1) is 10.0. The van der Waals surface area contributed by atoms with E-state index < -0.39 is 5.97 Å². The lowest BCUT2D eigenvalue weighted by atomic mass is 10.0. The smallest absolute Gasteiger partial charge is 0.374 e. The average molecular weight is 292 g/mol. The number of aliphatic hydroxyl groups is 1. The van der Waals surface area contributed by atoms with Crippen LogP contribution in [-0.4, -0.2) is 30.4 Å². The Labute approximate surface area is 121 Å². The SMILES string of the molecule is COC(=O)c1oc(-c2cc(O)c(OC)cc2C)cc1CO. The van der Waals surface area contributed by atoms with Gasteiger partial charge in [0, 0.05) is 11.1 Å². The largest absolute Gasteiger partial charge is 0.504 e. The zero-order valence-corrected chi connectivity index (χ0v) is 12.0. The maximum atomic E-state index is 11.6. The molecule has 2 N–H and O–H groups in total. The van der Waals surface area contributed by atoms with Gasteiger partial charge in [0.1, 0.15) is 5.76 Å². The predicted octanol–water partition coefficient (Wildman–Crippen LogP) is 2.25. The van der Waals surface area contributed by atoms with Gasteiger partial charge in [-0.25, -0.2) is 4.79 Å². The number of aryl methyl sites for hydroxylation is 1. The maximum absolute atomic E-state index is 11.6. The van der Waals surface area contributed by atoms with E-state index in [1.54, 1.807) is 12.1 Å². The molecular formula is C15H16O6. The highest BCUT2D eigenvalue weighted by atomic mass is 16.5. The summed E-state index contributed by atoms with van der Waals surface area (Å²) >= 11 is 0. The molecular weight excluding hydrogens is 276 g/mol. The van der Waals surface area contributed by atoms with Crippen LogP contribution in [0.15, 0.2) is 22.6 Å². The number of furan rings is 1. The molecule has 0 amide bonds. The van der Waals surface area contributed by atoms with Crippen LogP contribution in [0.2, 0.25) is 0 Å². The van der Waals surface area contributed by atoms with Crippen LogP contribution in [0.1, 0.15) is 21.7 Å². The van der Waals surface area contributed by atoms with Gasteiger partial charge in [0.25, 0.3) is 0 Å². The van der Waals surface area contributed by atoms with Gasteiger partial charge in [-0.2, -0.15) is 0 Å². The van der Waals surface area contributed by atoms with Crippen LogP contribution in [0.25, 0.3) is 11.3 Å². The molecule has 0 unspecified atom stereocenters. The van der Waals surface area contributed by atoms with Gasteiger partial charge in [-0.1, -0.05) is 0 Å². The third-order valence-corrected chi connectivity index (χ3v) is 3.14. The lowest BCUT2D eigenvalue weighted by molar-refractivity contribution is 0.0561. The zero-order chi connectivity index (χ0) is 15.6. The fourth-order valence-corrected chi connectivity index (χ4v) is 2.04. The second-order valence-electron chi connectivity index (χ2n) is 4.45. The molecule has 0 radical (unpaired) electrons. The molecule has 0 aliphatic carbocycles. The highest BCUT2D eigenvalue weighted by Gasteiger charge is 2.21. The van der Waals surface area contributed by atoms with Crippen LogP contribution in [0, 0.1) is 6.92 Å². The Bertz CT molecular complexity index is 671. The monoisotopic (exact) mass is 292 g/mol. The number of carbonyl (C=O) groups excluding carboxylic acids is 1. The lowest BCUT2D eigenvalue weighted by Gasteiger charge is -2.08. The fourth-order valence-electron chi connectivity index (χ4n) is 2.04. The minimum atomic E-state index is -0.666. The molecule has 1 aromatic heterocycles. The van der Waals surface area contributed by atoms with Crippen LogP contribution in [0.5, 0.6) is 11.5 Å². The summed E-state index contributed by atoms with van der Waals surface area (Å²) in [6, 6.07) is 4.68. The number of carbonyl (C=O) groups is 1. The van der Waals surface area contributed by atoms with Crippen LogP contribution in [0.4, 0.5) is 0 Å². The van der Waals surface area contributed by atoms with Gasteiger partial charge in [-0.05, 0) is 30.7 Å². The summed E-state index contributed by atoms with van der Waals surface area (Å²) in [7, 11) is 2.69. The molecule has 6 nitrogen and oxygen atoms in total. The van der Waals surface area contributed by atoms with Gasteiger partial charge in [0.05, 0.1) is 20.8 Å². The standard InChI is InChI=1S/C15H16O6/c1-8-4-13(19-2)11(17)6-10(8)12-5-9(7-16)14(21-12)15(18)20-3/h4-6,16-17H,7H2,1-3H3. The molecule has 2 aromatic rings. The van der Waals surface area contributed by atoms with E-state index in [1.165, 1.54) is 20.3 Å². The van der Waals surface area contributed by atoms with Crippen LogP contribution < -0.4 is 4.74 Å². The topological polar surface area (TPSA) is 89.1 Å². The van der Waals surface area contributed by atoms with Crippen LogP contribution in [-0.2, 0) is 11.3 Å². The number of methoxy groups -OCH3 is 2. The van der Waals surface area contributed by atoms with E-state index in [9.17, 15) is 15.0 Å². The highest BCUT2D eigenvalue weighted by Crippen LogP contribution is 2.36. The minimum Gasteiger partial charge on any atom is -0.504 e. The van der Waals surface area contributed by atoms with Gasteiger partial charge < -0.3 is 24.1 Å². The number of benzene rings is 1. The number of rotatable bonds is 4. The minimum absolute atomic E-state index is 0.0420. The van der Waals surface area contributed by atoms with Gasteiger partial charge >= 0.3 is 5.97 Å². The molecule has 0 atom stereocenters. The number of aromatic hydroxyl groups is 1. The summed E-state index contributed by atoms with van der Waals surface area (Å²) in [5.74, 6) is -0.0571. The number of ether oxygens (including phenoxy) is 2. The summed E-state index contributed by atoms with van der Waals surface area (Å²) in [6.45, 7) is 1.46. The molecule has 1 aromatic carbocycles. The molecule has 2 rings (SSSR count). The van der Waals surface area contributed by atoms with Crippen molar-refractivity contribution in [3.63, 3.8) is 0 Å². The number of hydrogen-bond acceptors (Lipinski definition) is 6. The Hall–Kier alpha value is -2.47. The van der Waals surface area contributed by atoms with Crippen molar-refractivity contribution in [3.8, 4) is 22.8 Å². The average Bonchev–Trinajstić information content (AvgIpc) is 2.92. The Morgan fingerprint density at radius 1 is 1.29 bits per heavy atom. The van der Waals surface area contributed by atoms with E-state index in [0.29, 0.717) is 22.6 Å². The third kappa shape index (κ3) is 2.71. The molecule has 0 fully saturated rings. The normalized spacial score (nSPS) is 10.5. The first-order valence-corrected chi connectivity index (χ1v) is 6.21. The van der Waals surface area contributed by atoms with E-state index in [4.69, 9.17) is 9.15 Å². The number of hydrogen-bond donors (Lipinski definition) is 2. The van der Waals surface area contributed by atoms with Crippen molar-refractivity contribution >= 4 is 5.97 Å². The van der Waals surface area contributed by atoms with E-state index in [2.05, 4.69) is 4.74 Å². The van der Waals surface area contributed by atoms with E-state index in [1.807, 2.05) is 6.92 Å². The first kappa shape index (κ1) is 14.9. The van der Waals surface area contributed by atoms with Crippen molar-refractivity contribution in [2.45, 2.75) is 13.5 Å². The molecule has 0 spiro atoms. The highest BCUT2D eigenvalue weighted by molar-refractivity contribution is 5.89. The summed E-state index contributed by atoms with van der Waals surface area (Å²) in [5, 5.41) is 19.2. The Morgan fingerprint density at radius 2 is 2.00 bits per heavy atom. The van der Waals surface area contributed by atoms with Crippen molar-refractivity contribution in [2.75, 3.05) is 14.2 Å². The molecule has 0 bridgehead atoms. The van der Waals surface area contributed by atoms with Gasteiger partial charge in [-0.15, -0.1) is 0 Å². The summed E-state index contributed by atoms with van der Waals surface area (Å²) in [4.78, 5) is 11.6. The number of aliphatic hydroxyl groups excluding tert-OH is 1. The van der Waals surface area contributed by atoms with Crippen molar-refractivity contribution in [1.82, 2.24) is 0 Å². The lowest BCUT2D eigenvalue weighted by Crippen LogP contribution is -2.02. The third-order valence-electron chi connectivity index (χ3n) is 3.14. The molecule has 0 aliphatic heterocycles. The summed E-state index contributed by atoms with van der Waals surface area (Å²) in [5.41, 5.74) is 1.71. The van der Waals surface area contributed by atoms with Crippen molar-refractivity contribution < 1.29 is 28.9 Å². The summed E-state index contributed by atoms with van der Waals surface area (Å²) in [6.07, 6.45) is 0. The molecule has 112 valence electrons. The Balaban J connectivity index is 2.55. The van der Waals surface area contributed by atoms with Gasteiger partial charge in [-0.3, -0.25) is 0 Å². The molecule has 0 aliphatic rings. The number of phenols is 1. The quantitative estimate of drug-likeness (QED) is 0.840. The van der Waals surface area contributed by atoms with Crippen molar-refractivity contribution in [1.29, 1.82) is 0 Å². The molecule has 21 heavy (non-hydrogen) atoms. The molecule has 6 heteroatoms. The maximum Gasteiger partial charge on any atom is 0.374 e. The second-order valence-corrected chi connectivity index (χ2v) is 4.45. The van der Waals surface area contributed by atoms with Gasteiger partial charge in [0.15, 0.2) is 11.5 Å². The predicted molar refractivity (Wildman–Crippen MR) is 74.4 cm³/mol. The van der Waals surface area contributed by atoms with Crippen LogP contribution in [0.3, 0.4) is 0 Å². The van der Waals surface area contributed by atoms with Crippen molar-refractivity contribution in [2.24, 2.45) is 0 Å². The van der Waals surface area contributed by atoms with Crippen molar-refractivity contribution in [3.05, 3.63) is 35.1 Å². The first-order valence-electron chi connectivity index (χ1n) is 6.21. The zero-order valence-electron chi connectivity index (χ0n) is 12.0. The fraction of sp³-hybridized carbons (Fsp3) is 0.267. The number of phenolic OH excluding ortho intramolecular Hbond substituents is 1. The van der Waals surface area contributed by atoms with Gasteiger partial charge in [0.2, 0.25) is 5.76 Å². The second kappa shape index (κ2) is 5.88. The Morgan fingerprint density at radius 3 is 2.57 bits per heavy atom. The summed E-state index contributed by atoms with van der Waals surface area (Å²) < 4.78 is 15.1.